The largest absolute Gasteiger partial charge is 0.489 e. The van der Waals surface area contributed by atoms with Crippen LogP contribution in [-0.2, 0) is 13.2 Å². The van der Waals surface area contributed by atoms with Crippen molar-refractivity contribution in [2.45, 2.75) is 13.2 Å². The fraction of sp³-hybridized carbons (Fsp3) is 0.0714. The molecule has 0 aromatic heterocycles. The van der Waals surface area contributed by atoms with Crippen molar-refractivity contribution >= 4 is 51.3 Å². The zero-order chi connectivity index (χ0) is 25.3. The summed E-state index contributed by atoms with van der Waals surface area (Å²) in [5, 5.41) is 5.21. The average Bonchev–Trinajstić information content (AvgIpc) is 2.88. The second-order valence-corrected chi connectivity index (χ2v) is 9.46. The van der Waals surface area contributed by atoms with E-state index in [9.17, 15) is 4.79 Å². The average molecular weight is 584 g/mol. The number of hydrogen-bond acceptors (Lipinski definition) is 4. The first-order valence-corrected chi connectivity index (χ1v) is 12.5. The molecule has 4 aromatic rings. The Morgan fingerprint density at radius 1 is 0.889 bits per heavy atom. The Labute approximate surface area is 227 Å². The van der Waals surface area contributed by atoms with Gasteiger partial charge in [-0.2, -0.15) is 5.10 Å². The molecule has 4 rings (SSSR count). The topological polar surface area (TPSA) is 59.9 Å². The van der Waals surface area contributed by atoms with Gasteiger partial charge in [0, 0.05) is 31.2 Å². The van der Waals surface area contributed by atoms with E-state index in [1.165, 1.54) is 0 Å². The summed E-state index contributed by atoms with van der Waals surface area (Å²) in [5.74, 6) is 0.915. The molecule has 8 heteroatoms. The number of ether oxygens (including phenoxy) is 2. The Morgan fingerprint density at radius 2 is 1.67 bits per heavy atom. The molecule has 0 radical (unpaired) electrons. The first kappa shape index (κ1) is 25.8. The monoisotopic (exact) mass is 582 g/mol. The van der Waals surface area contributed by atoms with E-state index >= 15 is 0 Å². The maximum absolute atomic E-state index is 12.5. The minimum Gasteiger partial charge on any atom is -0.489 e. The molecule has 0 bridgehead atoms. The number of carbonyl (C=O) groups is 1. The van der Waals surface area contributed by atoms with Crippen LogP contribution in [0.25, 0.3) is 0 Å². The molecule has 0 heterocycles. The third kappa shape index (κ3) is 7.34. The van der Waals surface area contributed by atoms with Crippen molar-refractivity contribution in [1.29, 1.82) is 0 Å². The zero-order valence-corrected chi connectivity index (χ0v) is 22.1. The van der Waals surface area contributed by atoms with Crippen molar-refractivity contribution in [2.75, 3.05) is 0 Å². The van der Waals surface area contributed by atoms with E-state index in [1.54, 1.807) is 42.6 Å². The minimum atomic E-state index is -0.347. The summed E-state index contributed by atoms with van der Waals surface area (Å²) in [6.07, 6.45) is 1.55. The molecule has 0 unspecified atom stereocenters. The molecule has 0 aliphatic carbocycles. The smallest absolute Gasteiger partial charge is 0.271 e. The summed E-state index contributed by atoms with van der Waals surface area (Å²) in [7, 11) is 0. The first-order chi connectivity index (χ1) is 17.5. The van der Waals surface area contributed by atoms with Gasteiger partial charge in [0.25, 0.3) is 5.91 Å². The Balaban J connectivity index is 1.33. The van der Waals surface area contributed by atoms with Crippen LogP contribution < -0.4 is 14.9 Å². The standard InChI is InChI=1S/C28H21BrCl2N2O3/c29-23-9-13-27(36-17-19-4-2-1-3-5-19)22(14-23)16-32-33-28(34)20-7-11-25(12-8-20)35-18-21-6-10-24(30)15-26(21)31/h1-16H,17-18H2,(H,33,34)/b32-16-. The van der Waals surface area contributed by atoms with Crippen molar-refractivity contribution in [1.82, 2.24) is 5.43 Å². The molecule has 0 aliphatic heterocycles. The molecule has 0 spiro atoms. The number of benzene rings is 4. The van der Waals surface area contributed by atoms with Crippen LogP contribution in [-0.4, -0.2) is 12.1 Å². The molecule has 0 saturated carbocycles. The predicted octanol–water partition coefficient (Wildman–Crippen LogP) is 7.68. The highest BCUT2D eigenvalue weighted by Crippen LogP contribution is 2.24. The highest BCUT2D eigenvalue weighted by atomic mass is 79.9. The van der Waals surface area contributed by atoms with Gasteiger partial charge >= 0.3 is 0 Å². The maximum atomic E-state index is 12.5. The van der Waals surface area contributed by atoms with E-state index in [0.29, 0.717) is 33.7 Å². The van der Waals surface area contributed by atoms with Crippen molar-refractivity contribution in [3.63, 3.8) is 0 Å². The van der Waals surface area contributed by atoms with Gasteiger partial charge in [-0.25, -0.2) is 5.43 Å². The number of hydrogen-bond donors (Lipinski definition) is 1. The third-order valence-electron chi connectivity index (χ3n) is 5.10. The van der Waals surface area contributed by atoms with Crippen molar-refractivity contribution in [2.24, 2.45) is 5.10 Å². The number of carbonyl (C=O) groups excluding carboxylic acids is 1. The summed E-state index contributed by atoms with van der Waals surface area (Å²) in [4.78, 5) is 12.5. The Hall–Kier alpha value is -3.32. The van der Waals surface area contributed by atoms with Gasteiger partial charge in [-0.15, -0.1) is 0 Å². The van der Waals surface area contributed by atoms with E-state index < -0.39 is 0 Å². The molecule has 36 heavy (non-hydrogen) atoms. The summed E-state index contributed by atoms with van der Waals surface area (Å²) < 4.78 is 12.6. The Bertz CT molecular complexity index is 1360. The van der Waals surface area contributed by atoms with Crippen LogP contribution in [0.1, 0.15) is 27.0 Å². The molecular weight excluding hydrogens is 563 g/mol. The second-order valence-electron chi connectivity index (χ2n) is 7.70. The molecule has 1 N–H and O–H groups in total. The van der Waals surface area contributed by atoms with E-state index in [2.05, 4.69) is 26.5 Å². The number of amides is 1. The lowest BCUT2D eigenvalue weighted by molar-refractivity contribution is 0.0955. The molecule has 0 atom stereocenters. The summed E-state index contributed by atoms with van der Waals surface area (Å²) in [6, 6.07) is 27.5. The Kier molecular flexibility index (Phi) is 9.01. The number of halogens is 3. The van der Waals surface area contributed by atoms with Crippen LogP contribution in [0.2, 0.25) is 10.0 Å². The van der Waals surface area contributed by atoms with Crippen molar-refractivity contribution in [3.8, 4) is 11.5 Å². The molecule has 182 valence electrons. The normalized spacial score (nSPS) is 10.9. The van der Waals surface area contributed by atoms with Crippen LogP contribution in [0.3, 0.4) is 0 Å². The molecule has 0 aliphatic rings. The fourth-order valence-corrected chi connectivity index (χ4v) is 4.06. The quantitative estimate of drug-likeness (QED) is 0.162. The van der Waals surface area contributed by atoms with Gasteiger partial charge in [-0.1, -0.05) is 75.5 Å². The lowest BCUT2D eigenvalue weighted by Crippen LogP contribution is -2.17. The van der Waals surface area contributed by atoms with Crippen molar-refractivity contribution < 1.29 is 14.3 Å². The summed E-state index contributed by atoms with van der Waals surface area (Å²) >= 11 is 15.6. The lowest BCUT2D eigenvalue weighted by atomic mass is 10.2. The molecular formula is C28H21BrCl2N2O3. The number of nitrogens with zero attached hydrogens (tertiary/aromatic N) is 1. The van der Waals surface area contributed by atoms with Gasteiger partial charge in [0.15, 0.2) is 0 Å². The summed E-state index contributed by atoms with van der Waals surface area (Å²) in [5.41, 5.74) is 5.59. The number of rotatable bonds is 9. The minimum absolute atomic E-state index is 0.285. The van der Waals surface area contributed by atoms with Gasteiger partial charge in [0.2, 0.25) is 0 Å². The van der Waals surface area contributed by atoms with E-state index in [-0.39, 0.29) is 12.5 Å². The Morgan fingerprint density at radius 3 is 2.42 bits per heavy atom. The zero-order valence-electron chi connectivity index (χ0n) is 19.0. The molecule has 0 saturated heterocycles. The highest BCUT2D eigenvalue weighted by Gasteiger charge is 2.07. The van der Waals surface area contributed by atoms with Crippen LogP contribution in [0.4, 0.5) is 0 Å². The fourth-order valence-electron chi connectivity index (χ4n) is 3.21. The summed E-state index contributed by atoms with van der Waals surface area (Å²) in [6.45, 7) is 0.710. The van der Waals surface area contributed by atoms with Gasteiger partial charge in [0.05, 0.1) is 6.21 Å². The van der Waals surface area contributed by atoms with Gasteiger partial charge in [0.1, 0.15) is 24.7 Å². The second kappa shape index (κ2) is 12.6. The van der Waals surface area contributed by atoms with E-state index in [4.69, 9.17) is 32.7 Å². The number of nitrogens with one attached hydrogen (secondary N) is 1. The lowest BCUT2D eigenvalue weighted by Gasteiger charge is -2.10. The SMILES string of the molecule is O=C(N/N=C\c1cc(Br)ccc1OCc1ccccc1)c1ccc(OCc2ccc(Cl)cc2Cl)cc1. The van der Waals surface area contributed by atoms with Crippen LogP contribution in [0, 0.1) is 0 Å². The first-order valence-electron chi connectivity index (χ1n) is 10.9. The maximum Gasteiger partial charge on any atom is 0.271 e. The molecule has 4 aromatic carbocycles. The van der Waals surface area contributed by atoms with Gasteiger partial charge in [-0.3, -0.25) is 4.79 Å². The van der Waals surface area contributed by atoms with Crippen LogP contribution in [0.5, 0.6) is 11.5 Å². The molecule has 1 amide bonds. The van der Waals surface area contributed by atoms with Gasteiger partial charge < -0.3 is 9.47 Å². The van der Waals surface area contributed by atoms with Crippen LogP contribution in [0.15, 0.2) is 101 Å². The highest BCUT2D eigenvalue weighted by molar-refractivity contribution is 9.10. The van der Waals surface area contributed by atoms with Crippen molar-refractivity contribution in [3.05, 3.63) is 128 Å². The van der Waals surface area contributed by atoms with Crippen LogP contribution >= 0.6 is 39.1 Å². The van der Waals surface area contributed by atoms with E-state index in [0.717, 1.165) is 21.2 Å². The third-order valence-corrected chi connectivity index (χ3v) is 6.18. The number of hydrazone groups is 1. The molecule has 5 nitrogen and oxygen atoms in total. The predicted molar refractivity (Wildman–Crippen MR) is 147 cm³/mol. The van der Waals surface area contributed by atoms with E-state index in [1.807, 2.05) is 54.6 Å². The van der Waals surface area contributed by atoms with Gasteiger partial charge in [-0.05, 0) is 60.2 Å². The molecule has 0 fully saturated rings.